The summed E-state index contributed by atoms with van der Waals surface area (Å²) in [5.74, 6) is -8.53. The minimum absolute atomic E-state index is 0.0818. The molecule has 12 rings (SSSR count). The first-order valence-corrected chi connectivity index (χ1v) is 35.3. The Hall–Kier alpha value is -10.5. The number of rotatable bonds is 14. The number of benzene rings is 6. The van der Waals surface area contributed by atoms with Crippen LogP contribution < -0.4 is 52.6 Å². The number of fused-ring (bicyclic) bond motifs is 2. The summed E-state index contributed by atoms with van der Waals surface area (Å²) in [5.41, 5.74) is 0.496. The van der Waals surface area contributed by atoms with Crippen molar-refractivity contribution >= 4 is 86.6 Å². The fourth-order valence-corrected chi connectivity index (χ4v) is 13.3. The summed E-state index contributed by atoms with van der Waals surface area (Å²) in [6.45, 7) is 13.9. The largest absolute Gasteiger partial charge is 0.490 e. The predicted molar refractivity (Wildman–Crippen MR) is 393 cm³/mol. The van der Waals surface area contributed by atoms with Gasteiger partial charge in [-0.05, 0) is 132 Å². The van der Waals surface area contributed by atoms with E-state index < -0.39 is 142 Å². The standard InChI is InChI=1S/C79H97N11O14/c1-45(80-9)67(91)87-65(78(3,4)5)74(98)89-43-51-17-15-16-34-104-58-32-26-48(27-33-58)38-62(77(102)103)86-71(95)60(40-50-25-29-53-19-12-14-21-56(53)36-50)84-73(97)64-42-57(44-90(64)75(99)66(79(6,7)8)88-68(92)46(2)81-10)82-69(93)54-30-22-47(23-31-54)37-61(76(100)101)85-70(94)59(83-72(96)63(89)41-51)39-49-24-28-52-18-11-13-20-55(52)35-49/h11-16,18-33,35-36,45-46,51,57,59-66,80-81H,17,34,37-44H2,1-10H3,(H,82,93)(H,83,96)(H,84,97)(H,85,94)(H,86,95)(H,87,91)(H,88,92)(H,100,101)(H,102,103). The second-order valence-corrected chi connectivity index (χ2v) is 29.6. The quantitative estimate of drug-likeness (QED) is 0.0646. The highest BCUT2D eigenvalue weighted by molar-refractivity contribution is 5.99. The lowest BCUT2D eigenvalue weighted by Crippen LogP contribution is -2.61. The van der Waals surface area contributed by atoms with Gasteiger partial charge in [-0.15, -0.1) is 0 Å². The number of hydrogen-bond acceptors (Lipinski definition) is 14. The predicted octanol–water partition coefficient (Wildman–Crippen LogP) is 4.90. The van der Waals surface area contributed by atoms with Gasteiger partial charge in [-0.2, -0.15) is 0 Å². The number of likely N-dealkylation sites (N-methyl/N-ethyl adjacent to an activating group) is 2. The summed E-state index contributed by atoms with van der Waals surface area (Å²) in [6, 6.07) is 25.8. The van der Waals surface area contributed by atoms with E-state index in [1.807, 2.05) is 84.9 Å². The van der Waals surface area contributed by atoms with Crippen LogP contribution in [0.3, 0.4) is 0 Å². The number of carbonyl (C=O) groups excluding carboxylic acids is 9. The number of hydrogen-bond donors (Lipinski definition) is 11. The molecule has 6 heterocycles. The van der Waals surface area contributed by atoms with Gasteiger partial charge in [0.25, 0.3) is 5.91 Å². The highest BCUT2D eigenvalue weighted by Crippen LogP contribution is 2.32. The molecule has 12 atom stereocenters. The zero-order valence-electron chi connectivity index (χ0n) is 60.5. The van der Waals surface area contributed by atoms with Crippen molar-refractivity contribution in [2.24, 2.45) is 16.7 Å². The minimum atomic E-state index is -1.57. The van der Waals surface area contributed by atoms with Gasteiger partial charge in [0.05, 0.1) is 12.1 Å². The number of amides is 9. The average molecular weight is 1420 g/mol. The summed E-state index contributed by atoms with van der Waals surface area (Å²) >= 11 is 0. The lowest BCUT2D eigenvalue weighted by Gasteiger charge is -2.36. The lowest BCUT2D eigenvalue weighted by atomic mass is 9.85. The molecular formula is C79H97N11O14. The molecule has 2 fully saturated rings. The molecule has 2 saturated heterocycles. The van der Waals surface area contributed by atoms with Gasteiger partial charge in [-0.3, -0.25) is 43.2 Å². The molecule has 0 aliphatic carbocycles. The SMILES string of the molecule is CNC(C)C(=O)NC(C(=O)N1CC2CC=CCOc3ccc(cc3)CC(C(=O)O)NC(=O)C(Cc3ccc4ccccc4c3)NC(=O)C3CC(CN3C(=O)C(NC(=O)C(C)NC)C(C)(C)C)NC(=O)c3ccc(cc3)CC(C(=O)O)NC(=O)C(Cc3ccc4ccccc4c3)NC(=O)C1C2)C(C)(C)C. The molecule has 0 radical (unpaired) electrons. The van der Waals surface area contributed by atoms with Crippen LogP contribution in [0.25, 0.3) is 21.5 Å². The van der Waals surface area contributed by atoms with Crippen molar-refractivity contribution in [3.05, 3.63) is 173 Å². The van der Waals surface area contributed by atoms with E-state index in [2.05, 4.69) is 47.9 Å². The average Bonchev–Trinajstić information content (AvgIpc) is 1.61. The third-order valence-corrected chi connectivity index (χ3v) is 19.7. The Morgan fingerprint density at radius 2 is 0.952 bits per heavy atom. The molecule has 0 saturated carbocycles. The molecule has 12 unspecified atom stereocenters. The molecule has 9 amide bonds. The van der Waals surface area contributed by atoms with E-state index in [-0.39, 0.29) is 69.7 Å². The highest BCUT2D eigenvalue weighted by Gasteiger charge is 2.48. The molecule has 6 aliphatic heterocycles. The molecule has 6 aromatic rings. The smallest absolute Gasteiger partial charge is 0.326 e. The van der Waals surface area contributed by atoms with Crippen LogP contribution in [0.15, 0.2) is 146 Å². The van der Waals surface area contributed by atoms with E-state index in [1.165, 1.54) is 34.1 Å². The van der Waals surface area contributed by atoms with E-state index in [0.29, 0.717) is 34.4 Å². The maximum absolute atomic E-state index is 15.2. The molecule has 6 aromatic carbocycles. The molecular weight excluding hydrogens is 1330 g/mol. The minimum Gasteiger partial charge on any atom is -0.490 e. The van der Waals surface area contributed by atoms with E-state index in [4.69, 9.17) is 4.74 Å². The van der Waals surface area contributed by atoms with Crippen molar-refractivity contribution in [1.29, 1.82) is 0 Å². The number of carbonyl (C=O) groups is 11. The van der Waals surface area contributed by atoms with Crippen LogP contribution in [0.5, 0.6) is 5.75 Å². The van der Waals surface area contributed by atoms with Crippen LogP contribution in [0, 0.1) is 16.7 Å². The topological polar surface area (TPSA) is 352 Å². The third kappa shape index (κ3) is 20.0. The Balaban J connectivity index is 1.06. The Labute approximate surface area is 605 Å². The van der Waals surface area contributed by atoms with Gasteiger partial charge >= 0.3 is 11.9 Å². The van der Waals surface area contributed by atoms with E-state index in [9.17, 15) is 43.8 Å². The molecule has 0 aromatic heterocycles. The number of carboxylic acid groups (broad SMARTS) is 2. The van der Waals surface area contributed by atoms with Crippen LogP contribution in [0.4, 0.5) is 0 Å². The summed E-state index contributed by atoms with van der Waals surface area (Å²) in [7, 11) is 3.21. The van der Waals surface area contributed by atoms with Gasteiger partial charge in [-0.25, -0.2) is 9.59 Å². The van der Waals surface area contributed by atoms with Gasteiger partial charge in [0.1, 0.15) is 60.7 Å². The first-order valence-electron chi connectivity index (χ1n) is 35.3. The van der Waals surface area contributed by atoms with Crippen molar-refractivity contribution in [3.63, 3.8) is 0 Å². The van der Waals surface area contributed by atoms with Crippen LogP contribution >= 0.6 is 0 Å². The Morgan fingerprint density at radius 3 is 1.39 bits per heavy atom. The van der Waals surface area contributed by atoms with Gasteiger partial charge in [0.15, 0.2) is 0 Å². The number of nitrogens with zero attached hydrogens (tertiary/aromatic N) is 2. The zero-order valence-corrected chi connectivity index (χ0v) is 60.5. The first-order chi connectivity index (χ1) is 49.4. The van der Waals surface area contributed by atoms with Crippen molar-refractivity contribution in [1.82, 2.24) is 57.7 Å². The molecule has 552 valence electrons. The lowest BCUT2D eigenvalue weighted by molar-refractivity contribution is -0.145. The maximum atomic E-state index is 15.2. The summed E-state index contributed by atoms with van der Waals surface area (Å²) in [6.07, 6.45) is 3.31. The first kappa shape index (κ1) is 77.6. The number of ether oxygens (including phenoxy) is 1. The molecule has 0 spiro atoms. The monoisotopic (exact) mass is 1420 g/mol. The molecule has 8 bridgehead atoms. The number of allylic oxidation sites excluding steroid dienone is 1. The highest BCUT2D eigenvalue weighted by atomic mass is 16.5. The Bertz CT molecular complexity index is 4190. The van der Waals surface area contributed by atoms with Crippen molar-refractivity contribution in [3.8, 4) is 5.75 Å². The Morgan fingerprint density at radius 1 is 0.519 bits per heavy atom. The summed E-state index contributed by atoms with van der Waals surface area (Å²) in [4.78, 5) is 161. The fourth-order valence-electron chi connectivity index (χ4n) is 13.3. The van der Waals surface area contributed by atoms with Gasteiger partial charge in [-0.1, -0.05) is 163 Å². The summed E-state index contributed by atoms with van der Waals surface area (Å²) < 4.78 is 6.08. The number of nitrogens with one attached hydrogen (secondary N) is 9. The molecule has 104 heavy (non-hydrogen) atoms. The van der Waals surface area contributed by atoms with Gasteiger partial charge < -0.3 is 72.6 Å². The van der Waals surface area contributed by atoms with Crippen LogP contribution in [-0.4, -0.2) is 185 Å². The molecule has 11 N–H and O–H groups in total. The molecule has 25 nitrogen and oxygen atoms in total. The van der Waals surface area contributed by atoms with Crippen LogP contribution in [-0.2, 0) is 73.6 Å². The van der Waals surface area contributed by atoms with E-state index in [1.54, 1.807) is 106 Å². The molecule has 25 heteroatoms. The van der Waals surface area contributed by atoms with Crippen molar-refractivity contribution in [2.45, 2.75) is 167 Å². The molecule has 6 aliphatic rings. The normalized spacial score (nSPS) is 22.4. The fraction of sp³-hybridized carbons (Fsp3) is 0.430. The number of aliphatic carboxylic acids is 2. The van der Waals surface area contributed by atoms with Gasteiger partial charge in [0.2, 0.25) is 47.3 Å². The van der Waals surface area contributed by atoms with E-state index in [0.717, 1.165) is 21.5 Å². The summed E-state index contributed by atoms with van der Waals surface area (Å²) in [5, 5.41) is 50.6. The second-order valence-electron chi connectivity index (χ2n) is 29.6. The maximum Gasteiger partial charge on any atom is 0.326 e. The number of carboxylic acids is 2. The zero-order chi connectivity index (χ0) is 75.3. The Kier molecular flexibility index (Phi) is 25.5. The second kappa shape index (κ2) is 34.2. The van der Waals surface area contributed by atoms with Crippen LogP contribution in [0.2, 0.25) is 0 Å². The van der Waals surface area contributed by atoms with E-state index >= 15 is 19.2 Å². The third-order valence-electron chi connectivity index (χ3n) is 19.7. The van der Waals surface area contributed by atoms with Crippen molar-refractivity contribution < 1.29 is 67.7 Å². The van der Waals surface area contributed by atoms with Gasteiger partial charge in [0, 0.05) is 50.4 Å². The van der Waals surface area contributed by atoms with Crippen molar-refractivity contribution in [2.75, 3.05) is 33.8 Å². The van der Waals surface area contributed by atoms with Crippen LogP contribution in [0.1, 0.15) is 107 Å². The number of likely N-dealkylation sites (tertiary alicyclic amines) is 2.